The molecule has 0 fully saturated rings. The van der Waals surface area contributed by atoms with Crippen LogP contribution in [0.15, 0.2) is 60.9 Å². The number of benzene rings is 2. The molecule has 4 rings (SSSR count). The van der Waals surface area contributed by atoms with Crippen molar-refractivity contribution in [1.82, 2.24) is 20.5 Å². The van der Waals surface area contributed by atoms with Gasteiger partial charge in [-0.25, -0.2) is 0 Å². The minimum Gasteiger partial charge on any atom is -0.374 e. The second kappa shape index (κ2) is 7.51. The molecule has 0 bridgehead atoms. The number of amides is 1. The Balaban J connectivity index is 1.59. The summed E-state index contributed by atoms with van der Waals surface area (Å²) in [7, 11) is 0. The Morgan fingerprint density at radius 1 is 1.04 bits per heavy atom. The number of pyridine rings is 1. The molecule has 0 atom stereocenters. The molecule has 2 aromatic heterocycles. The highest BCUT2D eigenvalue weighted by atomic mass is 32.1. The number of hydrogen-bond acceptors (Lipinski definition) is 6. The van der Waals surface area contributed by atoms with Gasteiger partial charge in [0.25, 0.3) is 5.91 Å². The van der Waals surface area contributed by atoms with Gasteiger partial charge in [0, 0.05) is 36.5 Å². The maximum atomic E-state index is 12.7. The molecule has 0 radical (unpaired) electrons. The van der Waals surface area contributed by atoms with Crippen molar-refractivity contribution < 1.29 is 4.79 Å². The lowest BCUT2D eigenvalue weighted by molar-refractivity contribution is 0.0956. The van der Waals surface area contributed by atoms with E-state index in [-0.39, 0.29) is 5.91 Å². The lowest BCUT2D eigenvalue weighted by Crippen LogP contribution is -2.25. The minimum absolute atomic E-state index is 0.110. The topological polar surface area (TPSA) is 93.8 Å². The zero-order chi connectivity index (χ0) is 18.6. The number of nitrogens with two attached hydrogens (primary N) is 1. The zero-order valence-electron chi connectivity index (χ0n) is 14.4. The van der Waals surface area contributed by atoms with Crippen molar-refractivity contribution in [3.63, 3.8) is 0 Å². The molecule has 3 N–H and O–H groups in total. The van der Waals surface area contributed by atoms with Gasteiger partial charge in [-0.15, -0.1) is 10.2 Å². The molecule has 1 amide bonds. The summed E-state index contributed by atoms with van der Waals surface area (Å²) in [5.41, 5.74) is 8.30. The Kier molecular flexibility index (Phi) is 4.76. The molecule has 0 saturated heterocycles. The SMILES string of the molecule is Nc1nnc(CCNC(=O)c2cccc3c(-c4cccnc4)cccc23)s1. The van der Waals surface area contributed by atoms with Gasteiger partial charge in [0.2, 0.25) is 5.13 Å². The van der Waals surface area contributed by atoms with Crippen LogP contribution < -0.4 is 11.1 Å². The molecule has 0 aliphatic rings. The monoisotopic (exact) mass is 375 g/mol. The van der Waals surface area contributed by atoms with Gasteiger partial charge in [0.15, 0.2) is 0 Å². The van der Waals surface area contributed by atoms with Crippen LogP contribution in [-0.4, -0.2) is 27.6 Å². The molecular weight excluding hydrogens is 358 g/mol. The van der Waals surface area contributed by atoms with E-state index < -0.39 is 0 Å². The fraction of sp³-hybridized carbons (Fsp3) is 0.100. The van der Waals surface area contributed by atoms with E-state index in [1.807, 2.05) is 54.7 Å². The van der Waals surface area contributed by atoms with Crippen LogP contribution in [0, 0.1) is 0 Å². The van der Waals surface area contributed by atoms with Gasteiger partial charge < -0.3 is 11.1 Å². The second-order valence-electron chi connectivity index (χ2n) is 5.99. The maximum Gasteiger partial charge on any atom is 0.251 e. The molecule has 6 nitrogen and oxygen atoms in total. The van der Waals surface area contributed by atoms with E-state index >= 15 is 0 Å². The Labute approximate surface area is 160 Å². The number of nitrogens with one attached hydrogen (secondary N) is 1. The molecule has 4 aromatic rings. The lowest BCUT2D eigenvalue weighted by atomic mass is 9.96. The van der Waals surface area contributed by atoms with Crippen LogP contribution in [0.1, 0.15) is 15.4 Å². The third-order valence-electron chi connectivity index (χ3n) is 4.25. The number of nitrogens with zero attached hydrogens (tertiary/aromatic N) is 3. The largest absolute Gasteiger partial charge is 0.374 e. The fourth-order valence-corrected chi connectivity index (χ4v) is 3.64. The highest BCUT2D eigenvalue weighted by Gasteiger charge is 2.12. The number of aromatic nitrogens is 3. The highest BCUT2D eigenvalue weighted by molar-refractivity contribution is 7.15. The van der Waals surface area contributed by atoms with E-state index in [9.17, 15) is 4.79 Å². The quantitative estimate of drug-likeness (QED) is 0.558. The van der Waals surface area contributed by atoms with Gasteiger partial charge >= 0.3 is 0 Å². The standard InChI is InChI=1S/C20H17N5OS/c21-20-25-24-18(27-20)9-11-23-19(26)17-8-2-6-15-14(5-1-7-16(15)17)13-4-3-10-22-12-13/h1-8,10,12H,9,11H2,(H2,21,25)(H,23,26). The van der Waals surface area contributed by atoms with Gasteiger partial charge in [0.05, 0.1) is 0 Å². The summed E-state index contributed by atoms with van der Waals surface area (Å²) in [6.45, 7) is 0.478. The molecule has 2 aromatic carbocycles. The average molecular weight is 375 g/mol. The van der Waals surface area contributed by atoms with Crippen molar-refractivity contribution in [1.29, 1.82) is 0 Å². The van der Waals surface area contributed by atoms with Gasteiger partial charge in [-0.1, -0.05) is 47.7 Å². The Bertz CT molecular complexity index is 1090. The second-order valence-corrected chi connectivity index (χ2v) is 7.08. The van der Waals surface area contributed by atoms with Crippen LogP contribution in [0.3, 0.4) is 0 Å². The van der Waals surface area contributed by atoms with Crippen LogP contribution in [0.4, 0.5) is 5.13 Å². The van der Waals surface area contributed by atoms with E-state index in [0.29, 0.717) is 23.7 Å². The maximum absolute atomic E-state index is 12.7. The van der Waals surface area contributed by atoms with Crippen molar-refractivity contribution in [2.75, 3.05) is 12.3 Å². The van der Waals surface area contributed by atoms with E-state index in [1.165, 1.54) is 11.3 Å². The van der Waals surface area contributed by atoms with Crippen molar-refractivity contribution >= 4 is 33.1 Å². The van der Waals surface area contributed by atoms with Crippen LogP contribution in [0.2, 0.25) is 0 Å². The third-order valence-corrected chi connectivity index (χ3v) is 5.06. The van der Waals surface area contributed by atoms with Crippen molar-refractivity contribution in [2.24, 2.45) is 0 Å². The zero-order valence-corrected chi connectivity index (χ0v) is 15.2. The first-order valence-corrected chi connectivity index (χ1v) is 9.32. The van der Waals surface area contributed by atoms with Gasteiger partial charge in [-0.2, -0.15) is 0 Å². The summed E-state index contributed by atoms with van der Waals surface area (Å²) in [6, 6.07) is 15.7. The van der Waals surface area contributed by atoms with Crippen molar-refractivity contribution in [3.05, 3.63) is 71.5 Å². The minimum atomic E-state index is -0.110. The van der Waals surface area contributed by atoms with E-state index in [2.05, 4.69) is 20.5 Å². The number of carbonyl (C=O) groups excluding carboxylic acids is 1. The van der Waals surface area contributed by atoms with Gasteiger partial charge in [-0.3, -0.25) is 9.78 Å². The number of hydrogen-bond donors (Lipinski definition) is 2. The number of nitrogen functional groups attached to an aromatic ring is 1. The smallest absolute Gasteiger partial charge is 0.251 e. The van der Waals surface area contributed by atoms with Crippen molar-refractivity contribution in [3.8, 4) is 11.1 Å². The summed E-state index contributed by atoms with van der Waals surface area (Å²) in [4.78, 5) is 16.9. The summed E-state index contributed by atoms with van der Waals surface area (Å²) >= 11 is 1.34. The van der Waals surface area contributed by atoms with E-state index in [0.717, 1.165) is 26.9 Å². The summed E-state index contributed by atoms with van der Waals surface area (Å²) in [5, 5.41) is 13.9. The molecular formula is C20H17N5OS. The molecule has 0 saturated carbocycles. The van der Waals surface area contributed by atoms with Crippen LogP contribution >= 0.6 is 11.3 Å². The third kappa shape index (κ3) is 3.63. The number of anilines is 1. The molecule has 7 heteroatoms. The number of fused-ring (bicyclic) bond motifs is 1. The normalized spacial score (nSPS) is 10.8. The van der Waals surface area contributed by atoms with Crippen molar-refractivity contribution in [2.45, 2.75) is 6.42 Å². The van der Waals surface area contributed by atoms with E-state index in [4.69, 9.17) is 5.73 Å². The first kappa shape index (κ1) is 17.1. The molecule has 27 heavy (non-hydrogen) atoms. The molecule has 0 aliphatic heterocycles. The lowest BCUT2D eigenvalue weighted by Gasteiger charge is -2.11. The van der Waals surface area contributed by atoms with Gasteiger partial charge in [0.1, 0.15) is 5.01 Å². The number of rotatable bonds is 5. The Morgan fingerprint density at radius 2 is 1.89 bits per heavy atom. The molecule has 2 heterocycles. The Hall–Kier alpha value is -3.32. The summed E-state index contributed by atoms with van der Waals surface area (Å²) in [6.07, 6.45) is 4.18. The number of carbonyl (C=O) groups is 1. The first-order valence-electron chi connectivity index (χ1n) is 8.50. The first-order chi connectivity index (χ1) is 13.2. The summed E-state index contributed by atoms with van der Waals surface area (Å²) < 4.78 is 0. The molecule has 0 unspecified atom stereocenters. The summed E-state index contributed by atoms with van der Waals surface area (Å²) in [5.74, 6) is -0.110. The molecule has 0 aliphatic carbocycles. The average Bonchev–Trinajstić information content (AvgIpc) is 3.12. The van der Waals surface area contributed by atoms with Crippen LogP contribution in [0.25, 0.3) is 21.9 Å². The van der Waals surface area contributed by atoms with Crippen LogP contribution in [0.5, 0.6) is 0 Å². The molecule has 134 valence electrons. The molecule has 0 spiro atoms. The predicted molar refractivity (Wildman–Crippen MR) is 108 cm³/mol. The predicted octanol–water partition coefficient (Wildman–Crippen LogP) is 3.31. The van der Waals surface area contributed by atoms with Gasteiger partial charge in [-0.05, 0) is 28.5 Å². The fourth-order valence-electron chi connectivity index (χ4n) is 3.03. The highest BCUT2D eigenvalue weighted by Crippen LogP contribution is 2.29. The van der Waals surface area contributed by atoms with E-state index in [1.54, 1.807) is 6.20 Å². The van der Waals surface area contributed by atoms with Crippen LogP contribution in [-0.2, 0) is 6.42 Å². The Morgan fingerprint density at radius 3 is 2.67 bits per heavy atom.